The summed E-state index contributed by atoms with van der Waals surface area (Å²) in [4.78, 5) is 2.26. The molecule has 1 N–H and O–H groups in total. The zero-order valence-electron chi connectivity index (χ0n) is 13.0. The number of furan rings is 1. The number of rotatable bonds is 6. The molecule has 0 aliphatic carbocycles. The van der Waals surface area contributed by atoms with Gasteiger partial charge >= 0.3 is 0 Å². The summed E-state index contributed by atoms with van der Waals surface area (Å²) in [6.07, 6.45) is 3.39. The number of aryl methyl sites for hydroxylation is 2. The van der Waals surface area contributed by atoms with E-state index in [-0.39, 0.29) is 0 Å². The molecule has 0 bridgehead atoms. The minimum absolute atomic E-state index is 0.318. The van der Waals surface area contributed by atoms with Gasteiger partial charge in [-0.3, -0.25) is 0 Å². The van der Waals surface area contributed by atoms with Crippen molar-refractivity contribution in [2.45, 2.75) is 32.5 Å². The summed E-state index contributed by atoms with van der Waals surface area (Å²) in [6, 6.07) is 10.3. The lowest BCUT2D eigenvalue weighted by atomic mass is 9.99. The smallest absolute Gasteiger partial charge is 0.129 e. The molecule has 0 saturated carbocycles. The first-order chi connectivity index (χ1) is 10.7. The van der Waals surface area contributed by atoms with E-state index in [9.17, 15) is 5.11 Å². The van der Waals surface area contributed by atoms with Gasteiger partial charge in [-0.2, -0.15) is 0 Å². The molecule has 4 nitrogen and oxygen atoms in total. The molecule has 3 rings (SSSR count). The van der Waals surface area contributed by atoms with E-state index in [1.54, 1.807) is 6.26 Å². The molecule has 1 aliphatic rings. The van der Waals surface area contributed by atoms with E-state index in [1.807, 2.05) is 12.1 Å². The van der Waals surface area contributed by atoms with Crippen LogP contribution in [0.4, 0.5) is 5.69 Å². The van der Waals surface area contributed by atoms with E-state index >= 15 is 0 Å². The summed E-state index contributed by atoms with van der Waals surface area (Å²) in [5.41, 5.74) is 3.93. The van der Waals surface area contributed by atoms with Crippen LogP contribution in [0.25, 0.3) is 0 Å². The number of β-amino-alcohol motifs (C(OH)–C–C–N with tert-alkyl or cyclic N) is 1. The van der Waals surface area contributed by atoms with E-state index in [1.165, 1.54) is 16.8 Å². The van der Waals surface area contributed by atoms with Crippen LogP contribution in [0.2, 0.25) is 0 Å². The molecule has 118 valence electrons. The molecule has 1 unspecified atom stereocenters. The van der Waals surface area contributed by atoms with E-state index < -0.39 is 6.10 Å². The fraction of sp³-hybridized carbons (Fsp3) is 0.444. The third-order valence-electron chi connectivity index (χ3n) is 4.02. The lowest BCUT2D eigenvalue weighted by molar-refractivity contribution is 0.0254. The molecule has 1 atom stereocenters. The van der Waals surface area contributed by atoms with Crippen molar-refractivity contribution in [3.8, 4) is 0 Å². The molecular formula is C18H23NO3. The molecule has 1 aliphatic heterocycles. The van der Waals surface area contributed by atoms with Crippen LogP contribution in [0.1, 0.15) is 23.3 Å². The van der Waals surface area contributed by atoms with E-state index in [2.05, 4.69) is 30.0 Å². The van der Waals surface area contributed by atoms with Crippen LogP contribution in [0, 0.1) is 6.92 Å². The molecule has 4 heteroatoms. The second-order valence-electron chi connectivity index (χ2n) is 5.93. The number of nitrogens with zero attached hydrogens (tertiary/aromatic N) is 1. The summed E-state index contributed by atoms with van der Waals surface area (Å²) in [5.74, 6) is 0.783. The molecular weight excluding hydrogens is 278 g/mol. The molecule has 1 aromatic heterocycles. The monoisotopic (exact) mass is 301 g/mol. The zero-order chi connectivity index (χ0) is 15.4. The van der Waals surface area contributed by atoms with E-state index in [4.69, 9.17) is 9.15 Å². The second-order valence-corrected chi connectivity index (χ2v) is 5.93. The van der Waals surface area contributed by atoms with Gasteiger partial charge in [0.05, 0.1) is 19.0 Å². The van der Waals surface area contributed by atoms with Crippen LogP contribution >= 0.6 is 0 Å². The Morgan fingerprint density at radius 3 is 3.09 bits per heavy atom. The van der Waals surface area contributed by atoms with Crippen molar-refractivity contribution >= 4 is 5.69 Å². The van der Waals surface area contributed by atoms with Crippen LogP contribution < -0.4 is 4.90 Å². The molecule has 1 aromatic carbocycles. The van der Waals surface area contributed by atoms with Crippen molar-refractivity contribution in [3.63, 3.8) is 0 Å². The van der Waals surface area contributed by atoms with Crippen molar-refractivity contribution < 1.29 is 14.3 Å². The number of hydrogen-bond donors (Lipinski definition) is 1. The highest BCUT2D eigenvalue weighted by atomic mass is 16.5. The third-order valence-corrected chi connectivity index (χ3v) is 4.02. The molecule has 2 heterocycles. The van der Waals surface area contributed by atoms with Crippen molar-refractivity contribution in [1.82, 2.24) is 0 Å². The van der Waals surface area contributed by atoms with Gasteiger partial charge in [0.2, 0.25) is 0 Å². The summed E-state index contributed by atoms with van der Waals surface area (Å²) in [6.45, 7) is 4.44. The number of aliphatic hydroxyl groups excluding tert-OH is 1. The average molecular weight is 301 g/mol. The number of hydrogen-bond acceptors (Lipinski definition) is 4. The largest absolute Gasteiger partial charge is 0.467 e. The van der Waals surface area contributed by atoms with Crippen molar-refractivity contribution in [1.29, 1.82) is 0 Å². The second kappa shape index (κ2) is 6.99. The molecule has 0 spiro atoms. The Hall–Kier alpha value is -1.78. The topological polar surface area (TPSA) is 45.8 Å². The van der Waals surface area contributed by atoms with E-state index in [0.717, 1.165) is 25.1 Å². The summed E-state index contributed by atoms with van der Waals surface area (Å²) in [7, 11) is 0. The standard InChI is InChI=1S/C18H23NO3/c1-14-6-7-18-15(10-14)4-2-8-19(18)11-16(20)12-21-13-17-5-3-9-22-17/h3,5-7,9-10,16,20H,2,4,8,11-13H2,1H3. The molecule has 22 heavy (non-hydrogen) atoms. The summed E-state index contributed by atoms with van der Waals surface area (Å²) >= 11 is 0. The minimum atomic E-state index is -0.498. The van der Waals surface area contributed by atoms with Gasteiger partial charge in [-0.1, -0.05) is 17.7 Å². The van der Waals surface area contributed by atoms with Gasteiger partial charge in [0, 0.05) is 18.8 Å². The number of ether oxygens (including phenoxy) is 1. The highest BCUT2D eigenvalue weighted by Crippen LogP contribution is 2.28. The predicted octanol–water partition coefficient (Wildman–Crippen LogP) is 2.92. The molecule has 0 saturated heterocycles. The van der Waals surface area contributed by atoms with Gasteiger partial charge in [0.1, 0.15) is 12.4 Å². The Morgan fingerprint density at radius 1 is 1.36 bits per heavy atom. The van der Waals surface area contributed by atoms with Crippen LogP contribution in [0.15, 0.2) is 41.0 Å². The third kappa shape index (κ3) is 3.70. The predicted molar refractivity (Wildman–Crippen MR) is 86.1 cm³/mol. The van der Waals surface area contributed by atoms with Gasteiger partial charge in [0.25, 0.3) is 0 Å². The first-order valence-electron chi connectivity index (χ1n) is 7.85. The Morgan fingerprint density at radius 2 is 2.27 bits per heavy atom. The Labute approximate surface area is 131 Å². The maximum atomic E-state index is 10.2. The zero-order valence-corrected chi connectivity index (χ0v) is 13.0. The summed E-state index contributed by atoms with van der Waals surface area (Å²) < 4.78 is 10.7. The average Bonchev–Trinajstić information content (AvgIpc) is 3.00. The Kier molecular flexibility index (Phi) is 4.80. The lowest BCUT2D eigenvalue weighted by Crippen LogP contribution is -2.38. The fourth-order valence-electron chi connectivity index (χ4n) is 2.99. The van der Waals surface area contributed by atoms with Crippen LogP contribution in [-0.2, 0) is 17.8 Å². The van der Waals surface area contributed by atoms with Crippen molar-refractivity contribution in [2.24, 2.45) is 0 Å². The molecule has 0 radical (unpaired) electrons. The first-order valence-corrected chi connectivity index (χ1v) is 7.85. The Bertz CT molecular complexity index is 594. The highest BCUT2D eigenvalue weighted by molar-refractivity contribution is 5.56. The Balaban J connectivity index is 1.52. The van der Waals surface area contributed by atoms with Gasteiger partial charge in [-0.05, 0) is 43.5 Å². The van der Waals surface area contributed by atoms with Gasteiger partial charge < -0.3 is 19.2 Å². The van der Waals surface area contributed by atoms with Gasteiger partial charge in [-0.25, -0.2) is 0 Å². The SMILES string of the molecule is Cc1ccc2c(c1)CCCN2CC(O)COCc1ccco1. The number of fused-ring (bicyclic) bond motifs is 1. The van der Waals surface area contributed by atoms with Gasteiger partial charge in [-0.15, -0.1) is 0 Å². The fourth-order valence-corrected chi connectivity index (χ4v) is 2.99. The molecule has 2 aromatic rings. The summed E-state index contributed by atoms with van der Waals surface area (Å²) in [5, 5.41) is 10.2. The maximum absolute atomic E-state index is 10.2. The quantitative estimate of drug-likeness (QED) is 0.891. The van der Waals surface area contributed by atoms with Crippen LogP contribution in [0.3, 0.4) is 0 Å². The van der Waals surface area contributed by atoms with Gasteiger partial charge in [0.15, 0.2) is 0 Å². The number of benzene rings is 1. The molecule has 0 amide bonds. The highest BCUT2D eigenvalue weighted by Gasteiger charge is 2.19. The first kappa shape index (κ1) is 15.1. The van der Waals surface area contributed by atoms with Crippen molar-refractivity contribution in [3.05, 3.63) is 53.5 Å². The number of anilines is 1. The maximum Gasteiger partial charge on any atom is 0.129 e. The number of aliphatic hydroxyl groups is 1. The lowest BCUT2D eigenvalue weighted by Gasteiger charge is -2.33. The molecule has 0 fully saturated rings. The van der Waals surface area contributed by atoms with Crippen LogP contribution in [-0.4, -0.2) is 30.9 Å². The van der Waals surface area contributed by atoms with Crippen molar-refractivity contribution in [2.75, 3.05) is 24.6 Å². The normalized spacial score (nSPS) is 15.6. The van der Waals surface area contributed by atoms with Crippen LogP contribution in [0.5, 0.6) is 0 Å². The van der Waals surface area contributed by atoms with E-state index in [0.29, 0.717) is 19.8 Å². The minimum Gasteiger partial charge on any atom is -0.467 e.